The van der Waals surface area contributed by atoms with Crippen LogP contribution in [0.1, 0.15) is 5.56 Å². The van der Waals surface area contributed by atoms with Crippen molar-refractivity contribution < 1.29 is 22.3 Å². The predicted octanol–water partition coefficient (Wildman–Crippen LogP) is 3.33. The van der Waals surface area contributed by atoms with Crippen LogP contribution in [-0.4, -0.2) is 25.7 Å². The van der Waals surface area contributed by atoms with E-state index >= 15 is 0 Å². The SMILES string of the molecule is COc1ccccc1CCN(C)c1c(F)c(F)nc(F)c1F. The summed E-state index contributed by atoms with van der Waals surface area (Å²) in [7, 11) is 2.85. The van der Waals surface area contributed by atoms with Crippen LogP contribution in [0.15, 0.2) is 24.3 Å². The Morgan fingerprint density at radius 3 is 2.23 bits per heavy atom. The molecule has 0 N–H and O–H groups in total. The molecule has 0 bridgehead atoms. The fourth-order valence-corrected chi connectivity index (χ4v) is 2.12. The first kappa shape index (κ1) is 16.1. The number of methoxy groups -OCH3 is 1. The van der Waals surface area contributed by atoms with Crippen LogP contribution in [0.3, 0.4) is 0 Å². The van der Waals surface area contributed by atoms with Crippen LogP contribution in [-0.2, 0) is 6.42 Å². The highest BCUT2D eigenvalue weighted by molar-refractivity contribution is 5.48. The van der Waals surface area contributed by atoms with Crippen LogP contribution in [0.4, 0.5) is 23.2 Å². The first-order valence-electron chi connectivity index (χ1n) is 6.48. The lowest BCUT2D eigenvalue weighted by Gasteiger charge is -2.21. The fraction of sp³-hybridized carbons (Fsp3) is 0.267. The molecule has 0 saturated carbocycles. The van der Waals surface area contributed by atoms with E-state index in [0.717, 1.165) is 10.5 Å². The summed E-state index contributed by atoms with van der Waals surface area (Å²) in [4.78, 5) is 3.63. The number of benzene rings is 1. The molecule has 1 aromatic carbocycles. The zero-order valence-corrected chi connectivity index (χ0v) is 12.0. The molecule has 0 radical (unpaired) electrons. The van der Waals surface area contributed by atoms with E-state index in [2.05, 4.69) is 4.98 Å². The Morgan fingerprint density at radius 1 is 1.05 bits per heavy atom. The minimum atomic E-state index is -1.67. The Labute approximate surface area is 125 Å². The zero-order chi connectivity index (χ0) is 16.3. The Bertz CT molecular complexity index is 653. The molecule has 0 saturated heterocycles. The van der Waals surface area contributed by atoms with Gasteiger partial charge in [0.05, 0.1) is 7.11 Å². The molecule has 22 heavy (non-hydrogen) atoms. The highest BCUT2D eigenvalue weighted by Crippen LogP contribution is 2.26. The van der Waals surface area contributed by atoms with Crippen LogP contribution in [0.25, 0.3) is 0 Å². The third kappa shape index (κ3) is 3.13. The second-order valence-corrected chi connectivity index (χ2v) is 4.65. The van der Waals surface area contributed by atoms with Gasteiger partial charge in [0.15, 0.2) is 0 Å². The largest absolute Gasteiger partial charge is 0.496 e. The lowest BCUT2D eigenvalue weighted by Crippen LogP contribution is -2.24. The minimum absolute atomic E-state index is 0.136. The van der Waals surface area contributed by atoms with Gasteiger partial charge in [0.1, 0.15) is 11.4 Å². The molecule has 7 heteroatoms. The van der Waals surface area contributed by atoms with Gasteiger partial charge in [0, 0.05) is 13.6 Å². The average molecular weight is 314 g/mol. The number of pyridine rings is 1. The van der Waals surface area contributed by atoms with Crippen molar-refractivity contribution in [3.63, 3.8) is 0 Å². The molecule has 0 fully saturated rings. The Kier molecular flexibility index (Phi) is 4.85. The van der Waals surface area contributed by atoms with Crippen molar-refractivity contribution in [2.45, 2.75) is 6.42 Å². The lowest BCUT2D eigenvalue weighted by atomic mass is 10.1. The van der Waals surface area contributed by atoms with Crippen molar-refractivity contribution in [1.29, 1.82) is 0 Å². The second-order valence-electron chi connectivity index (χ2n) is 4.65. The molecular formula is C15H14F4N2O. The summed E-state index contributed by atoms with van der Waals surface area (Å²) in [6, 6.07) is 7.14. The third-order valence-electron chi connectivity index (χ3n) is 3.27. The van der Waals surface area contributed by atoms with Gasteiger partial charge in [0.2, 0.25) is 11.6 Å². The van der Waals surface area contributed by atoms with Crippen LogP contribution < -0.4 is 9.64 Å². The van der Waals surface area contributed by atoms with Crippen molar-refractivity contribution in [3.05, 3.63) is 53.4 Å². The summed E-state index contributed by atoms with van der Waals surface area (Å²) in [5, 5.41) is 0. The maximum absolute atomic E-state index is 13.7. The van der Waals surface area contributed by atoms with E-state index in [1.807, 2.05) is 0 Å². The molecule has 0 spiro atoms. The van der Waals surface area contributed by atoms with E-state index in [-0.39, 0.29) is 6.54 Å². The van der Waals surface area contributed by atoms with E-state index in [0.29, 0.717) is 12.2 Å². The molecule has 3 nitrogen and oxygen atoms in total. The van der Waals surface area contributed by atoms with Crippen LogP contribution in [0, 0.1) is 23.5 Å². The zero-order valence-electron chi connectivity index (χ0n) is 12.0. The van der Waals surface area contributed by atoms with Crippen LogP contribution in [0.2, 0.25) is 0 Å². The molecule has 0 aliphatic rings. The van der Waals surface area contributed by atoms with E-state index < -0.39 is 29.2 Å². The predicted molar refractivity (Wildman–Crippen MR) is 74.0 cm³/mol. The number of likely N-dealkylation sites (N-methyl/N-ethyl adjacent to an activating group) is 1. The van der Waals surface area contributed by atoms with E-state index in [9.17, 15) is 17.6 Å². The number of hydrogen-bond acceptors (Lipinski definition) is 3. The highest BCUT2D eigenvalue weighted by atomic mass is 19.2. The first-order chi connectivity index (χ1) is 10.5. The van der Waals surface area contributed by atoms with Gasteiger partial charge in [-0.05, 0) is 18.1 Å². The smallest absolute Gasteiger partial charge is 0.253 e. The quantitative estimate of drug-likeness (QED) is 0.625. The van der Waals surface area contributed by atoms with Crippen molar-refractivity contribution in [2.24, 2.45) is 0 Å². The van der Waals surface area contributed by atoms with Gasteiger partial charge in [-0.2, -0.15) is 22.5 Å². The molecule has 1 heterocycles. The fourth-order valence-electron chi connectivity index (χ4n) is 2.12. The van der Waals surface area contributed by atoms with Crippen molar-refractivity contribution in [3.8, 4) is 5.75 Å². The number of para-hydroxylation sites is 1. The van der Waals surface area contributed by atoms with E-state index in [4.69, 9.17) is 4.74 Å². The molecule has 0 amide bonds. The Morgan fingerprint density at radius 2 is 1.64 bits per heavy atom. The number of nitrogens with zero attached hydrogens (tertiary/aromatic N) is 2. The minimum Gasteiger partial charge on any atom is -0.496 e. The van der Waals surface area contributed by atoms with E-state index in [1.54, 1.807) is 24.3 Å². The van der Waals surface area contributed by atoms with Crippen molar-refractivity contribution in [2.75, 3.05) is 25.6 Å². The average Bonchev–Trinajstić information content (AvgIpc) is 2.51. The molecule has 0 unspecified atom stereocenters. The molecule has 1 aromatic heterocycles. The molecular weight excluding hydrogens is 300 g/mol. The number of ether oxygens (including phenoxy) is 1. The topological polar surface area (TPSA) is 25.4 Å². The maximum atomic E-state index is 13.7. The summed E-state index contributed by atoms with van der Waals surface area (Å²) in [5.74, 6) is -5.73. The van der Waals surface area contributed by atoms with Crippen molar-refractivity contribution >= 4 is 5.69 Å². The van der Waals surface area contributed by atoms with Gasteiger partial charge >= 0.3 is 0 Å². The number of hydrogen-bond donors (Lipinski definition) is 0. The molecule has 0 aliphatic heterocycles. The molecule has 2 aromatic rings. The van der Waals surface area contributed by atoms with Gasteiger partial charge in [-0.15, -0.1) is 0 Å². The highest BCUT2D eigenvalue weighted by Gasteiger charge is 2.23. The second kappa shape index (κ2) is 6.64. The summed E-state index contributed by atoms with van der Waals surface area (Å²) in [6.45, 7) is 0.136. The van der Waals surface area contributed by atoms with Gasteiger partial charge in [-0.1, -0.05) is 18.2 Å². The van der Waals surface area contributed by atoms with Gasteiger partial charge < -0.3 is 9.64 Å². The lowest BCUT2D eigenvalue weighted by molar-refractivity contribution is 0.405. The maximum Gasteiger partial charge on any atom is 0.253 e. The monoisotopic (exact) mass is 314 g/mol. The van der Waals surface area contributed by atoms with Gasteiger partial charge in [-0.25, -0.2) is 0 Å². The van der Waals surface area contributed by atoms with Crippen LogP contribution >= 0.6 is 0 Å². The number of aromatic nitrogens is 1. The van der Waals surface area contributed by atoms with Gasteiger partial charge in [-0.3, -0.25) is 0 Å². The van der Waals surface area contributed by atoms with Crippen LogP contribution in [0.5, 0.6) is 5.75 Å². The Balaban J connectivity index is 2.21. The Hall–Kier alpha value is -2.31. The summed E-state index contributed by atoms with van der Waals surface area (Å²) in [6.07, 6.45) is 0.380. The third-order valence-corrected chi connectivity index (χ3v) is 3.27. The summed E-state index contributed by atoms with van der Waals surface area (Å²) in [5.41, 5.74) is 0.0348. The number of anilines is 1. The number of halogens is 4. The molecule has 2 rings (SSSR count). The van der Waals surface area contributed by atoms with Gasteiger partial charge in [0.25, 0.3) is 11.9 Å². The summed E-state index contributed by atoms with van der Waals surface area (Å²) >= 11 is 0. The summed E-state index contributed by atoms with van der Waals surface area (Å²) < 4.78 is 58.7. The van der Waals surface area contributed by atoms with E-state index in [1.165, 1.54) is 14.2 Å². The van der Waals surface area contributed by atoms with Crippen molar-refractivity contribution in [1.82, 2.24) is 4.98 Å². The molecule has 0 atom stereocenters. The standard InChI is InChI=1S/C15H14F4N2O/c1-21(8-7-9-5-3-4-6-10(9)22-2)13-11(16)14(18)20-15(19)12(13)17/h3-6H,7-8H2,1-2H3. The molecule has 0 aliphatic carbocycles. The molecule has 118 valence electrons. The first-order valence-corrected chi connectivity index (χ1v) is 6.48. The number of rotatable bonds is 5. The normalized spacial score (nSPS) is 10.6.